The van der Waals surface area contributed by atoms with Crippen LogP contribution in [0, 0.1) is 6.92 Å². The summed E-state index contributed by atoms with van der Waals surface area (Å²) in [6.07, 6.45) is 2.79. The molecule has 3 nitrogen and oxygen atoms in total. The van der Waals surface area contributed by atoms with Crippen LogP contribution in [0.4, 0.5) is 0 Å². The van der Waals surface area contributed by atoms with E-state index in [1.54, 1.807) is 7.11 Å². The SMILES string of the molecule is COCCC(C)(O)CNC(C)CCc1cccc(C)c1. The Bertz CT molecular complexity index is 390. The molecule has 20 heavy (non-hydrogen) atoms. The summed E-state index contributed by atoms with van der Waals surface area (Å²) in [5.74, 6) is 0. The zero-order valence-electron chi connectivity index (χ0n) is 13.3. The molecule has 0 aliphatic rings. The van der Waals surface area contributed by atoms with Crippen molar-refractivity contribution in [3.63, 3.8) is 0 Å². The van der Waals surface area contributed by atoms with Gasteiger partial charge in [0.05, 0.1) is 5.60 Å². The Balaban J connectivity index is 2.28. The standard InChI is InChI=1S/C17H29NO2/c1-14-6-5-7-16(12-14)9-8-15(2)18-13-17(3,19)10-11-20-4/h5-7,12,15,18-19H,8-11,13H2,1-4H3. The first-order chi connectivity index (χ1) is 9.43. The van der Waals surface area contributed by atoms with E-state index in [2.05, 4.69) is 43.4 Å². The number of benzene rings is 1. The highest BCUT2D eigenvalue weighted by atomic mass is 16.5. The zero-order chi connectivity index (χ0) is 15.0. The Hall–Kier alpha value is -0.900. The van der Waals surface area contributed by atoms with E-state index >= 15 is 0 Å². The van der Waals surface area contributed by atoms with Crippen LogP contribution in [0.25, 0.3) is 0 Å². The van der Waals surface area contributed by atoms with Gasteiger partial charge in [-0.05, 0) is 39.2 Å². The molecule has 0 radical (unpaired) electrons. The summed E-state index contributed by atoms with van der Waals surface area (Å²) in [4.78, 5) is 0. The molecule has 0 aromatic heterocycles. The molecular weight excluding hydrogens is 250 g/mol. The average Bonchev–Trinajstić information content (AvgIpc) is 2.41. The van der Waals surface area contributed by atoms with Gasteiger partial charge in [-0.15, -0.1) is 0 Å². The number of nitrogens with one attached hydrogen (secondary N) is 1. The van der Waals surface area contributed by atoms with Gasteiger partial charge in [0, 0.05) is 32.7 Å². The zero-order valence-corrected chi connectivity index (χ0v) is 13.3. The highest BCUT2D eigenvalue weighted by molar-refractivity contribution is 5.22. The molecule has 0 spiro atoms. The summed E-state index contributed by atoms with van der Waals surface area (Å²) >= 11 is 0. The Labute approximate surface area is 123 Å². The molecule has 0 saturated carbocycles. The molecule has 0 amide bonds. The number of rotatable bonds is 9. The van der Waals surface area contributed by atoms with Crippen LogP contribution < -0.4 is 5.32 Å². The topological polar surface area (TPSA) is 41.5 Å². The smallest absolute Gasteiger partial charge is 0.0765 e. The molecule has 1 rings (SSSR count). The third kappa shape index (κ3) is 7.04. The van der Waals surface area contributed by atoms with Gasteiger partial charge in [-0.3, -0.25) is 0 Å². The van der Waals surface area contributed by atoms with Crippen LogP contribution in [0.2, 0.25) is 0 Å². The van der Waals surface area contributed by atoms with Crippen molar-refractivity contribution >= 4 is 0 Å². The summed E-state index contributed by atoms with van der Waals surface area (Å²) < 4.78 is 5.01. The molecule has 0 aliphatic carbocycles. The fourth-order valence-electron chi connectivity index (χ4n) is 2.16. The molecule has 0 fully saturated rings. The Morgan fingerprint density at radius 1 is 1.40 bits per heavy atom. The lowest BCUT2D eigenvalue weighted by atomic mass is 10.0. The molecule has 3 heteroatoms. The van der Waals surface area contributed by atoms with Crippen LogP contribution in [0.5, 0.6) is 0 Å². The number of hydrogen-bond donors (Lipinski definition) is 2. The second kappa shape index (κ2) is 8.40. The van der Waals surface area contributed by atoms with E-state index in [1.165, 1.54) is 11.1 Å². The van der Waals surface area contributed by atoms with Gasteiger partial charge < -0.3 is 15.2 Å². The van der Waals surface area contributed by atoms with E-state index in [0.717, 1.165) is 12.8 Å². The minimum absolute atomic E-state index is 0.393. The Kier molecular flexibility index (Phi) is 7.20. The third-order valence-corrected chi connectivity index (χ3v) is 3.62. The van der Waals surface area contributed by atoms with Crippen LogP contribution in [-0.2, 0) is 11.2 Å². The van der Waals surface area contributed by atoms with Crippen molar-refractivity contribution in [2.24, 2.45) is 0 Å². The Morgan fingerprint density at radius 3 is 2.80 bits per heavy atom. The summed E-state index contributed by atoms with van der Waals surface area (Å²) in [5, 5.41) is 13.6. The van der Waals surface area contributed by atoms with Gasteiger partial charge >= 0.3 is 0 Å². The van der Waals surface area contributed by atoms with Gasteiger partial charge in [0.2, 0.25) is 0 Å². The molecule has 114 valence electrons. The monoisotopic (exact) mass is 279 g/mol. The quantitative estimate of drug-likeness (QED) is 0.730. The van der Waals surface area contributed by atoms with Gasteiger partial charge in [0.25, 0.3) is 0 Å². The van der Waals surface area contributed by atoms with Gasteiger partial charge in [0.1, 0.15) is 0 Å². The van der Waals surface area contributed by atoms with E-state index in [1.807, 2.05) is 6.92 Å². The van der Waals surface area contributed by atoms with Crippen LogP contribution in [0.15, 0.2) is 24.3 Å². The van der Waals surface area contributed by atoms with E-state index in [0.29, 0.717) is 25.6 Å². The number of methoxy groups -OCH3 is 1. The second-order valence-electron chi connectivity index (χ2n) is 6.05. The van der Waals surface area contributed by atoms with E-state index in [9.17, 15) is 5.11 Å². The largest absolute Gasteiger partial charge is 0.389 e. The lowest BCUT2D eigenvalue weighted by molar-refractivity contribution is 0.0230. The minimum atomic E-state index is -0.701. The van der Waals surface area contributed by atoms with Crippen molar-refractivity contribution in [3.05, 3.63) is 35.4 Å². The van der Waals surface area contributed by atoms with Crippen LogP contribution >= 0.6 is 0 Å². The van der Waals surface area contributed by atoms with Crippen LogP contribution in [-0.4, -0.2) is 37.0 Å². The molecule has 1 aromatic carbocycles. The third-order valence-electron chi connectivity index (χ3n) is 3.62. The van der Waals surface area contributed by atoms with Crippen molar-refractivity contribution in [1.82, 2.24) is 5.32 Å². The normalized spacial score (nSPS) is 15.8. The number of aliphatic hydroxyl groups is 1. The maximum absolute atomic E-state index is 10.2. The lowest BCUT2D eigenvalue weighted by Crippen LogP contribution is -2.42. The predicted octanol–water partition coefficient (Wildman–Crippen LogP) is 2.69. The molecule has 0 bridgehead atoms. The summed E-state index contributed by atoms with van der Waals surface area (Å²) in [7, 11) is 1.66. The fourth-order valence-corrected chi connectivity index (χ4v) is 2.16. The van der Waals surface area contributed by atoms with E-state index < -0.39 is 5.60 Å². The van der Waals surface area contributed by atoms with Gasteiger partial charge in [-0.1, -0.05) is 29.8 Å². The first kappa shape index (κ1) is 17.2. The second-order valence-corrected chi connectivity index (χ2v) is 6.05. The molecule has 2 unspecified atom stereocenters. The van der Waals surface area contributed by atoms with Crippen LogP contribution in [0.3, 0.4) is 0 Å². The molecule has 0 heterocycles. The molecular formula is C17H29NO2. The first-order valence-corrected chi connectivity index (χ1v) is 7.43. The highest BCUT2D eigenvalue weighted by Crippen LogP contribution is 2.10. The maximum atomic E-state index is 10.2. The minimum Gasteiger partial charge on any atom is -0.389 e. The highest BCUT2D eigenvalue weighted by Gasteiger charge is 2.20. The fraction of sp³-hybridized carbons (Fsp3) is 0.647. The predicted molar refractivity (Wildman–Crippen MR) is 84.1 cm³/mol. The molecule has 2 N–H and O–H groups in total. The molecule has 2 atom stereocenters. The number of aryl methyl sites for hydroxylation is 2. The number of hydrogen-bond acceptors (Lipinski definition) is 3. The summed E-state index contributed by atoms with van der Waals surface area (Å²) in [6, 6.07) is 9.04. The van der Waals surface area contributed by atoms with Crippen molar-refractivity contribution in [3.8, 4) is 0 Å². The molecule has 1 aromatic rings. The van der Waals surface area contributed by atoms with Crippen LogP contribution in [0.1, 0.15) is 37.8 Å². The summed E-state index contributed by atoms with van der Waals surface area (Å²) in [6.45, 7) is 7.34. The Morgan fingerprint density at radius 2 is 2.15 bits per heavy atom. The van der Waals surface area contributed by atoms with Crippen molar-refractivity contribution in [1.29, 1.82) is 0 Å². The molecule has 0 saturated heterocycles. The lowest BCUT2D eigenvalue weighted by Gasteiger charge is -2.25. The maximum Gasteiger partial charge on any atom is 0.0765 e. The van der Waals surface area contributed by atoms with Crippen molar-refractivity contribution in [2.45, 2.75) is 51.7 Å². The van der Waals surface area contributed by atoms with E-state index in [4.69, 9.17) is 4.74 Å². The number of ether oxygens (including phenoxy) is 1. The summed E-state index contributed by atoms with van der Waals surface area (Å²) in [5.41, 5.74) is 1.99. The van der Waals surface area contributed by atoms with Crippen molar-refractivity contribution in [2.75, 3.05) is 20.3 Å². The average molecular weight is 279 g/mol. The first-order valence-electron chi connectivity index (χ1n) is 7.43. The van der Waals surface area contributed by atoms with Gasteiger partial charge in [-0.2, -0.15) is 0 Å². The van der Waals surface area contributed by atoms with Gasteiger partial charge in [0.15, 0.2) is 0 Å². The van der Waals surface area contributed by atoms with Gasteiger partial charge in [-0.25, -0.2) is 0 Å². The molecule has 0 aliphatic heterocycles. The van der Waals surface area contributed by atoms with Crippen molar-refractivity contribution < 1.29 is 9.84 Å². The van der Waals surface area contributed by atoms with E-state index in [-0.39, 0.29) is 0 Å².